The van der Waals surface area contributed by atoms with Crippen LogP contribution in [-0.4, -0.2) is 129 Å². The number of aliphatic hydroxyl groups excluding tert-OH is 7. The minimum atomic E-state index is -1.34. The van der Waals surface area contributed by atoms with E-state index in [0.717, 1.165) is 57.8 Å². The summed E-state index contributed by atoms with van der Waals surface area (Å²) in [5.74, 6) is -0.464. The Kier molecular flexibility index (Phi) is 33.0. The smallest absolute Gasteiger partial charge is 0.248 e. The van der Waals surface area contributed by atoms with Crippen LogP contribution in [0.15, 0.2) is 24.3 Å². The van der Waals surface area contributed by atoms with Gasteiger partial charge in [-0.3, -0.25) is 9.59 Å². The minimum Gasteiger partial charge on any atom is -0.491 e. The second kappa shape index (κ2) is 35.5. The van der Waals surface area contributed by atoms with Gasteiger partial charge in [-0.2, -0.15) is 0 Å². The number of amides is 2. The van der Waals surface area contributed by atoms with Gasteiger partial charge in [-0.25, -0.2) is 0 Å². The Bertz CT molecular complexity index is 1170. The Labute approximate surface area is 358 Å². The molecule has 14 nitrogen and oxygen atoms in total. The molecular weight excluding hydrogens is 782 g/mol. The molecular formula is C44H80ClN3O11. The Morgan fingerprint density at radius 3 is 1.78 bits per heavy atom. The molecule has 0 aliphatic rings. The molecule has 0 aliphatic carbocycles. The average molecular weight is 863 g/mol. The van der Waals surface area contributed by atoms with E-state index in [0.29, 0.717) is 30.9 Å². The third kappa shape index (κ3) is 28.9. The first kappa shape index (κ1) is 54.9. The van der Waals surface area contributed by atoms with Crippen LogP contribution >= 0.6 is 11.6 Å². The lowest BCUT2D eigenvalue weighted by Crippen LogP contribution is -2.40. The zero-order valence-electron chi connectivity index (χ0n) is 35.7. The summed E-state index contributed by atoms with van der Waals surface area (Å²) in [6.45, 7) is 2.11. The van der Waals surface area contributed by atoms with Gasteiger partial charge in [0, 0.05) is 20.1 Å². The molecule has 1 rings (SSSR count). The van der Waals surface area contributed by atoms with E-state index in [1.807, 2.05) is 0 Å². The van der Waals surface area contributed by atoms with Gasteiger partial charge in [-0.15, -0.1) is 11.6 Å². The van der Waals surface area contributed by atoms with E-state index in [2.05, 4.69) is 10.6 Å². The lowest BCUT2D eigenvalue weighted by Gasteiger charge is -2.23. The van der Waals surface area contributed by atoms with Crippen molar-refractivity contribution in [3.05, 3.63) is 29.8 Å². The van der Waals surface area contributed by atoms with Gasteiger partial charge in [0.1, 0.15) is 18.5 Å². The largest absolute Gasteiger partial charge is 0.491 e. The fraction of sp³-hybridized carbons (Fsp3) is 0.818. The lowest BCUT2D eigenvalue weighted by atomic mass is 9.98. The summed E-state index contributed by atoms with van der Waals surface area (Å²) < 4.78 is 11.0. The van der Waals surface area contributed by atoms with Crippen molar-refractivity contribution in [3.63, 3.8) is 0 Å². The molecule has 0 heterocycles. The van der Waals surface area contributed by atoms with Crippen molar-refractivity contribution in [2.75, 3.05) is 39.6 Å². The Morgan fingerprint density at radius 2 is 1.24 bits per heavy atom. The van der Waals surface area contributed by atoms with Crippen molar-refractivity contribution < 1.29 is 54.8 Å². The topological polar surface area (TPSA) is 244 Å². The molecule has 0 aromatic heterocycles. The highest BCUT2D eigenvalue weighted by atomic mass is 35.5. The van der Waals surface area contributed by atoms with Crippen molar-refractivity contribution in [2.45, 2.75) is 190 Å². The van der Waals surface area contributed by atoms with Crippen LogP contribution in [0.5, 0.6) is 5.75 Å². The highest BCUT2D eigenvalue weighted by molar-refractivity contribution is 6.21. The number of alkyl halides is 1. The lowest BCUT2D eigenvalue weighted by molar-refractivity contribution is -0.130. The van der Waals surface area contributed by atoms with E-state index in [1.165, 1.54) is 58.3 Å². The Hall–Kier alpha value is -2.11. The van der Waals surface area contributed by atoms with E-state index < -0.39 is 41.7 Å². The van der Waals surface area contributed by atoms with Gasteiger partial charge in [0.05, 0.1) is 61.7 Å². The zero-order chi connectivity index (χ0) is 43.7. The number of unbranched alkanes of at least 4 members (excludes halogenated alkanes) is 13. The van der Waals surface area contributed by atoms with Crippen LogP contribution in [0, 0.1) is 0 Å². The van der Waals surface area contributed by atoms with Crippen LogP contribution in [0.4, 0.5) is 0 Å². The molecule has 11 N–H and O–H groups in total. The van der Waals surface area contributed by atoms with Gasteiger partial charge in [0.25, 0.3) is 0 Å². The van der Waals surface area contributed by atoms with Crippen LogP contribution in [-0.2, 0) is 14.3 Å². The molecule has 1 aromatic rings. The molecule has 0 fully saturated rings. The number of rotatable bonds is 39. The zero-order valence-corrected chi connectivity index (χ0v) is 36.5. The van der Waals surface area contributed by atoms with Gasteiger partial charge >= 0.3 is 0 Å². The SMILES string of the molecule is CC(=O)NC(CO)COc1ccc(C(O)CNC(=O)C(O)CCCC(O)C(O)C(Cl)CCCCCCCC(O)CCCCCCCCCCCCOCC(N)CO)cc1. The van der Waals surface area contributed by atoms with Gasteiger partial charge in [0.2, 0.25) is 11.8 Å². The van der Waals surface area contributed by atoms with E-state index >= 15 is 0 Å². The van der Waals surface area contributed by atoms with Gasteiger partial charge in [0.15, 0.2) is 0 Å². The minimum absolute atomic E-state index is 0.0369. The van der Waals surface area contributed by atoms with Gasteiger partial charge in [-0.05, 0) is 62.6 Å². The first-order valence-corrected chi connectivity index (χ1v) is 22.7. The van der Waals surface area contributed by atoms with E-state index in [1.54, 1.807) is 24.3 Å². The fourth-order valence-electron chi connectivity index (χ4n) is 6.76. The molecule has 0 saturated carbocycles. The normalized spacial score (nSPS) is 15.8. The first-order chi connectivity index (χ1) is 28.4. The molecule has 59 heavy (non-hydrogen) atoms. The molecule has 0 aliphatic heterocycles. The van der Waals surface area contributed by atoms with Crippen LogP contribution in [0.25, 0.3) is 0 Å². The average Bonchev–Trinajstić information content (AvgIpc) is 3.23. The molecule has 0 spiro atoms. The Balaban J connectivity index is 2.04. The molecule has 0 bridgehead atoms. The predicted molar refractivity (Wildman–Crippen MR) is 231 cm³/mol. The molecule has 8 unspecified atom stereocenters. The maximum Gasteiger partial charge on any atom is 0.248 e. The number of nitrogens with two attached hydrogens (primary N) is 1. The number of carbonyl (C=O) groups excluding carboxylic acids is 2. The van der Waals surface area contributed by atoms with Crippen LogP contribution in [0.1, 0.15) is 153 Å². The van der Waals surface area contributed by atoms with Crippen molar-refractivity contribution in [1.29, 1.82) is 0 Å². The van der Waals surface area contributed by atoms with Crippen molar-refractivity contribution in [3.8, 4) is 5.75 Å². The molecule has 0 saturated heterocycles. The van der Waals surface area contributed by atoms with E-state index in [9.17, 15) is 40.2 Å². The van der Waals surface area contributed by atoms with E-state index in [4.69, 9.17) is 31.9 Å². The number of carbonyl (C=O) groups is 2. The molecule has 15 heteroatoms. The van der Waals surface area contributed by atoms with Gasteiger partial charge in [-0.1, -0.05) is 102 Å². The number of benzene rings is 1. The first-order valence-electron chi connectivity index (χ1n) is 22.2. The summed E-state index contributed by atoms with van der Waals surface area (Å²) in [6, 6.07) is 5.65. The van der Waals surface area contributed by atoms with Crippen molar-refractivity contribution >= 4 is 23.4 Å². The van der Waals surface area contributed by atoms with Gasteiger partial charge < -0.3 is 61.6 Å². The summed E-state index contributed by atoms with van der Waals surface area (Å²) in [7, 11) is 0. The quantitative estimate of drug-likeness (QED) is 0.0329. The van der Waals surface area contributed by atoms with Crippen LogP contribution in [0.2, 0.25) is 0 Å². The number of nitrogens with one attached hydrogen (secondary N) is 2. The van der Waals surface area contributed by atoms with Crippen molar-refractivity contribution in [1.82, 2.24) is 10.6 Å². The highest BCUT2D eigenvalue weighted by Gasteiger charge is 2.25. The number of halogens is 1. The second-order valence-corrected chi connectivity index (χ2v) is 16.6. The molecule has 0 radical (unpaired) electrons. The summed E-state index contributed by atoms with van der Waals surface area (Å²) in [5, 5.41) is 74.8. The fourth-order valence-corrected chi connectivity index (χ4v) is 7.08. The predicted octanol–water partition coefficient (Wildman–Crippen LogP) is 4.29. The monoisotopic (exact) mass is 862 g/mol. The number of aliphatic hydroxyl groups is 7. The number of hydrogen-bond acceptors (Lipinski definition) is 12. The molecule has 344 valence electrons. The molecule has 8 atom stereocenters. The van der Waals surface area contributed by atoms with Crippen LogP contribution in [0.3, 0.4) is 0 Å². The summed E-state index contributed by atoms with van der Waals surface area (Å²) in [5.41, 5.74) is 6.12. The van der Waals surface area contributed by atoms with Crippen molar-refractivity contribution in [2.24, 2.45) is 5.73 Å². The standard InChI is InChI=1S/C44H80ClN3O11/c1-33(51)48-36(30-50)32-59-38-25-23-34(24-26-38)42(55)28-47-44(57)41(54)22-17-21-40(53)43(56)39(45)20-15-11-8-10-14-19-37(52)18-13-9-6-4-2-3-5-7-12-16-27-58-31-35(46)29-49/h23-26,35-37,39-43,49-50,52-56H,2-22,27-32,46H2,1H3,(H,47,57)(H,48,51). The summed E-state index contributed by atoms with van der Waals surface area (Å²) in [4.78, 5) is 23.6. The highest BCUT2D eigenvalue weighted by Crippen LogP contribution is 2.21. The third-order valence-corrected chi connectivity index (χ3v) is 11.0. The molecule has 1 aromatic carbocycles. The number of ether oxygens (including phenoxy) is 2. The maximum atomic E-state index is 12.4. The second-order valence-electron chi connectivity index (χ2n) is 16.1. The van der Waals surface area contributed by atoms with E-state index in [-0.39, 0.29) is 63.7 Å². The number of hydrogen-bond donors (Lipinski definition) is 10. The van der Waals surface area contributed by atoms with Crippen LogP contribution < -0.4 is 21.1 Å². The third-order valence-electron chi connectivity index (χ3n) is 10.5. The summed E-state index contributed by atoms with van der Waals surface area (Å²) >= 11 is 6.40. The summed E-state index contributed by atoms with van der Waals surface area (Å²) in [6.07, 6.45) is 14.8. The Morgan fingerprint density at radius 1 is 0.695 bits per heavy atom. The maximum absolute atomic E-state index is 12.4. The molecule has 2 amide bonds.